The molecule has 2 aromatic rings. The second-order valence-corrected chi connectivity index (χ2v) is 3.80. The molecule has 0 bridgehead atoms. The molecule has 3 nitrogen and oxygen atoms in total. The summed E-state index contributed by atoms with van der Waals surface area (Å²) in [4.78, 5) is 14.1. The van der Waals surface area contributed by atoms with Crippen LogP contribution in [0.2, 0.25) is 10.0 Å². The first-order valence-corrected chi connectivity index (χ1v) is 4.94. The zero-order valence-electron chi connectivity index (χ0n) is 7.80. The molecule has 0 aliphatic rings. The molecule has 0 aliphatic carbocycles. The number of aromatic nitrogens is 1. The average Bonchev–Trinajstić information content (AvgIpc) is 2.23. The van der Waals surface area contributed by atoms with Gasteiger partial charge in [-0.25, -0.2) is 0 Å². The van der Waals surface area contributed by atoms with Crippen molar-refractivity contribution in [1.29, 1.82) is 0 Å². The molecule has 2 rings (SSSR count). The molecule has 1 aromatic heterocycles. The molecule has 1 heterocycles. The SMILES string of the molecule is COc1cc2c(Cl)ccc(Cl)c2[nH]c1=O. The van der Waals surface area contributed by atoms with Crippen LogP contribution in [0.3, 0.4) is 0 Å². The maximum atomic E-state index is 11.4. The van der Waals surface area contributed by atoms with Crippen LogP contribution in [0.25, 0.3) is 10.9 Å². The van der Waals surface area contributed by atoms with Crippen molar-refractivity contribution in [3.8, 4) is 5.75 Å². The normalized spacial score (nSPS) is 10.6. The maximum Gasteiger partial charge on any atom is 0.290 e. The number of methoxy groups -OCH3 is 1. The van der Waals surface area contributed by atoms with Gasteiger partial charge >= 0.3 is 0 Å². The minimum atomic E-state index is -0.325. The minimum Gasteiger partial charge on any atom is -0.491 e. The lowest BCUT2D eigenvalue weighted by Gasteiger charge is -2.04. The molecule has 0 radical (unpaired) electrons. The first-order chi connectivity index (χ1) is 7.13. The molecular weight excluding hydrogens is 237 g/mol. The Kier molecular flexibility index (Phi) is 2.59. The Balaban J connectivity index is 2.92. The lowest BCUT2D eigenvalue weighted by Crippen LogP contribution is -2.08. The summed E-state index contributed by atoms with van der Waals surface area (Å²) in [5.41, 5.74) is 0.198. The van der Waals surface area contributed by atoms with E-state index in [0.29, 0.717) is 20.9 Å². The highest BCUT2D eigenvalue weighted by atomic mass is 35.5. The number of nitrogens with one attached hydrogen (secondary N) is 1. The van der Waals surface area contributed by atoms with E-state index in [1.54, 1.807) is 18.2 Å². The molecule has 1 aromatic carbocycles. The predicted molar refractivity (Wildman–Crippen MR) is 61.1 cm³/mol. The molecule has 0 fully saturated rings. The summed E-state index contributed by atoms with van der Waals surface area (Å²) in [5, 5.41) is 1.64. The number of hydrogen-bond acceptors (Lipinski definition) is 2. The van der Waals surface area contributed by atoms with Crippen molar-refractivity contribution in [2.45, 2.75) is 0 Å². The third kappa shape index (κ3) is 1.68. The average molecular weight is 244 g/mol. The van der Waals surface area contributed by atoms with Gasteiger partial charge in [0.15, 0.2) is 5.75 Å². The van der Waals surface area contributed by atoms with Crippen LogP contribution in [0.15, 0.2) is 23.0 Å². The van der Waals surface area contributed by atoms with Crippen molar-refractivity contribution in [3.63, 3.8) is 0 Å². The van der Waals surface area contributed by atoms with E-state index < -0.39 is 0 Å². The summed E-state index contributed by atoms with van der Waals surface area (Å²) in [6, 6.07) is 4.88. The predicted octanol–water partition coefficient (Wildman–Crippen LogP) is 2.84. The maximum absolute atomic E-state index is 11.4. The molecule has 15 heavy (non-hydrogen) atoms. The van der Waals surface area contributed by atoms with E-state index in [1.165, 1.54) is 7.11 Å². The van der Waals surface area contributed by atoms with Crippen molar-refractivity contribution >= 4 is 34.1 Å². The summed E-state index contributed by atoms with van der Waals surface area (Å²) in [7, 11) is 1.43. The van der Waals surface area contributed by atoms with E-state index in [9.17, 15) is 4.79 Å². The lowest BCUT2D eigenvalue weighted by molar-refractivity contribution is 0.409. The van der Waals surface area contributed by atoms with E-state index in [-0.39, 0.29) is 11.3 Å². The number of fused-ring (bicyclic) bond motifs is 1. The molecule has 5 heteroatoms. The number of aromatic amines is 1. The van der Waals surface area contributed by atoms with E-state index in [1.807, 2.05) is 0 Å². The molecule has 78 valence electrons. The van der Waals surface area contributed by atoms with Gasteiger partial charge in [0.25, 0.3) is 5.56 Å². The van der Waals surface area contributed by atoms with Gasteiger partial charge in [-0.3, -0.25) is 4.79 Å². The molecule has 0 atom stereocenters. The molecule has 0 amide bonds. The highest BCUT2D eigenvalue weighted by molar-refractivity contribution is 6.39. The van der Waals surface area contributed by atoms with Crippen molar-refractivity contribution < 1.29 is 4.74 Å². The van der Waals surface area contributed by atoms with Gasteiger partial charge in [-0.1, -0.05) is 23.2 Å². The van der Waals surface area contributed by atoms with Gasteiger partial charge in [0.1, 0.15) is 0 Å². The Bertz CT molecular complexity index is 577. The van der Waals surface area contributed by atoms with Crippen LogP contribution in [-0.4, -0.2) is 12.1 Å². The topological polar surface area (TPSA) is 42.1 Å². The molecule has 1 N–H and O–H groups in total. The Labute approximate surface area is 95.6 Å². The number of ether oxygens (including phenoxy) is 1. The minimum absolute atomic E-state index is 0.215. The summed E-state index contributed by atoms with van der Waals surface area (Å²) in [5.74, 6) is 0.215. The molecule has 0 saturated heterocycles. The highest BCUT2D eigenvalue weighted by Gasteiger charge is 2.08. The van der Waals surface area contributed by atoms with Crippen LogP contribution in [-0.2, 0) is 0 Å². The molecule has 0 aliphatic heterocycles. The highest BCUT2D eigenvalue weighted by Crippen LogP contribution is 2.28. The number of benzene rings is 1. The zero-order chi connectivity index (χ0) is 11.0. The summed E-state index contributed by atoms with van der Waals surface area (Å²) < 4.78 is 4.90. The van der Waals surface area contributed by atoms with Gasteiger partial charge in [-0.05, 0) is 18.2 Å². The Morgan fingerprint density at radius 1 is 1.27 bits per heavy atom. The van der Waals surface area contributed by atoms with Crippen molar-refractivity contribution in [2.24, 2.45) is 0 Å². The second-order valence-electron chi connectivity index (χ2n) is 2.98. The first kappa shape index (κ1) is 10.3. The third-order valence-corrected chi connectivity index (χ3v) is 2.74. The molecular formula is C10H7Cl2NO2. The Morgan fingerprint density at radius 2 is 1.93 bits per heavy atom. The lowest BCUT2D eigenvalue weighted by atomic mass is 10.2. The summed E-state index contributed by atoms with van der Waals surface area (Å²) in [6.45, 7) is 0. The number of halogens is 2. The number of pyridine rings is 1. The largest absolute Gasteiger partial charge is 0.491 e. The van der Waals surface area contributed by atoms with Crippen LogP contribution < -0.4 is 10.3 Å². The van der Waals surface area contributed by atoms with Crippen molar-refractivity contribution in [1.82, 2.24) is 4.98 Å². The van der Waals surface area contributed by atoms with E-state index in [4.69, 9.17) is 27.9 Å². The second kappa shape index (κ2) is 3.76. The molecule has 0 spiro atoms. The fourth-order valence-electron chi connectivity index (χ4n) is 1.36. The Hall–Kier alpha value is -1.19. The monoisotopic (exact) mass is 243 g/mol. The van der Waals surface area contributed by atoms with Gasteiger partial charge < -0.3 is 9.72 Å². The molecule has 0 unspecified atom stereocenters. The Morgan fingerprint density at radius 3 is 2.60 bits per heavy atom. The fraction of sp³-hybridized carbons (Fsp3) is 0.100. The first-order valence-electron chi connectivity index (χ1n) is 4.18. The van der Waals surface area contributed by atoms with E-state index in [2.05, 4.69) is 4.98 Å². The summed E-state index contributed by atoms with van der Waals surface area (Å²) in [6.07, 6.45) is 0. The van der Waals surface area contributed by atoms with Crippen LogP contribution in [0.5, 0.6) is 5.75 Å². The van der Waals surface area contributed by atoms with Crippen LogP contribution >= 0.6 is 23.2 Å². The van der Waals surface area contributed by atoms with Crippen LogP contribution in [0.4, 0.5) is 0 Å². The molecule has 0 saturated carbocycles. The zero-order valence-corrected chi connectivity index (χ0v) is 9.32. The number of H-pyrrole nitrogens is 1. The van der Waals surface area contributed by atoms with Crippen molar-refractivity contribution in [2.75, 3.05) is 7.11 Å². The van der Waals surface area contributed by atoms with Gasteiger partial charge in [0.2, 0.25) is 0 Å². The van der Waals surface area contributed by atoms with E-state index >= 15 is 0 Å². The van der Waals surface area contributed by atoms with Crippen molar-refractivity contribution in [3.05, 3.63) is 38.6 Å². The quantitative estimate of drug-likeness (QED) is 0.837. The number of rotatable bonds is 1. The summed E-state index contributed by atoms with van der Waals surface area (Å²) >= 11 is 11.9. The van der Waals surface area contributed by atoms with Gasteiger partial charge in [0, 0.05) is 5.39 Å². The fourth-order valence-corrected chi connectivity index (χ4v) is 1.78. The van der Waals surface area contributed by atoms with E-state index in [0.717, 1.165) is 0 Å². The number of hydrogen-bond donors (Lipinski definition) is 1. The van der Waals surface area contributed by atoms with Gasteiger partial charge in [0.05, 0.1) is 22.7 Å². The third-order valence-electron chi connectivity index (χ3n) is 2.10. The van der Waals surface area contributed by atoms with Gasteiger partial charge in [-0.2, -0.15) is 0 Å². The smallest absolute Gasteiger partial charge is 0.290 e. The standard InChI is InChI=1S/C10H7Cl2NO2/c1-15-8-4-5-6(11)2-3-7(12)9(5)13-10(8)14/h2-4H,1H3,(H,13,14). The van der Waals surface area contributed by atoms with Crippen LogP contribution in [0, 0.1) is 0 Å². The van der Waals surface area contributed by atoms with Gasteiger partial charge in [-0.15, -0.1) is 0 Å². The van der Waals surface area contributed by atoms with Crippen LogP contribution in [0.1, 0.15) is 0 Å².